The fourth-order valence-electron chi connectivity index (χ4n) is 14.3. The fraction of sp³-hybridized carbons (Fsp3) is 0.557. The number of phenolic OH excluding ortho intramolecular Hbond substituents is 1. The van der Waals surface area contributed by atoms with E-state index in [1.165, 1.54) is 88.2 Å². The first-order valence-electron chi connectivity index (χ1n) is 43.7. The molecule has 0 spiro atoms. The Hall–Kier alpha value is -11.8. The zero-order chi connectivity index (χ0) is 94.4. The van der Waals surface area contributed by atoms with Crippen molar-refractivity contribution >= 4 is 148 Å². The molecule has 128 heavy (non-hydrogen) atoms. The normalized spacial score (nSPS) is 14.0. The minimum atomic E-state index is -1.92. The lowest BCUT2D eigenvalue weighted by atomic mass is 9.99. The molecule has 2 heterocycles. The molecule has 0 aliphatic heterocycles. The van der Waals surface area contributed by atoms with Gasteiger partial charge in [0.1, 0.15) is 72.2 Å². The summed E-state index contributed by atoms with van der Waals surface area (Å²) in [5, 5.41) is 65.6. The number of aromatic hydroxyl groups is 1. The van der Waals surface area contributed by atoms with Crippen molar-refractivity contribution < 1.29 is 96.8 Å². The van der Waals surface area contributed by atoms with Crippen molar-refractivity contribution in [2.45, 2.75) is 281 Å². The van der Waals surface area contributed by atoms with E-state index in [-0.39, 0.29) is 68.4 Å². The third kappa shape index (κ3) is 39.2. The number of aliphatic carboxylic acids is 1. The van der Waals surface area contributed by atoms with Crippen LogP contribution >= 0.6 is 25.3 Å². The molecule has 0 aliphatic rings. The second kappa shape index (κ2) is 57.1. The van der Waals surface area contributed by atoms with Crippen molar-refractivity contribution in [3.8, 4) is 5.75 Å². The number of H-pyrrole nitrogens is 2. The van der Waals surface area contributed by atoms with E-state index in [1.807, 2.05) is 0 Å². The summed E-state index contributed by atoms with van der Waals surface area (Å²) in [6, 6.07) is 1.39. The number of aliphatic hydroxyl groups excluding tert-OH is 1. The zero-order valence-electron chi connectivity index (χ0n) is 73.4. The molecule has 0 saturated carbocycles. The van der Waals surface area contributed by atoms with Crippen molar-refractivity contribution in [3.05, 3.63) is 102 Å². The van der Waals surface area contributed by atoms with Gasteiger partial charge in [-0.1, -0.05) is 146 Å². The second-order valence-electron chi connectivity index (χ2n) is 32.5. The molecule has 5 rings (SSSR count). The molecule has 0 bridgehead atoms. The van der Waals surface area contributed by atoms with Gasteiger partial charge in [-0.15, -0.1) is 0 Å². The zero-order valence-corrected chi connectivity index (χ0v) is 75.2. The summed E-state index contributed by atoms with van der Waals surface area (Å²) in [5.41, 5.74) is 18.8. The predicted molar refractivity (Wildman–Crippen MR) is 485 cm³/mol. The smallest absolute Gasteiger partial charge is 0.303 e. The molecule has 0 aliphatic carbocycles. The lowest BCUT2D eigenvalue weighted by Gasteiger charge is -2.29. The Morgan fingerprint density at radius 1 is 0.391 bits per heavy atom. The van der Waals surface area contributed by atoms with Gasteiger partial charge in [-0.2, -0.15) is 25.3 Å². The first kappa shape index (κ1) is 107. The number of aromatic amines is 2. The summed E-state index contributed by atoms with van der Waals surface area (Å²) in [7, 11) is 0. The Morgan fingerprint density at radius 3 is 1.21 bits per heavy atom. The van der Waals surface area contributed by atoms with E-state index < -0.39 is 218 Å². The number of benzene rings is 3. The van der Waals surface area contributed by atoms with Crippen LogP contribution in [0.5, 0.6) is 5.75 Å². The number of carboxylic acids is 1. The summed E-state index contributed by atoms with van der Waals surface area (Å²) in [6.07, 6.45) is 13.0. The third-order valence-corrected chi connectivity index (χ3v) is 22.0. The molecule has 16 amide bonds. The first-order valence-corrected chi connectivity index (χ1v) is 45.0. The number of amides is 16. The lowest BCUT2D eigenvalue weighted by Crippen LogP contribution is -2.62. The van der Waals surface area contributed by atoms with Gasteiger partial charge in [0.2, 0.25) is 94.5 Å². The maximum atomic E-state index is 15.3. The van der Waals surface area contributed by atoms with Crippen LogP contribution in [0.15, 0.2) is 85.2 Å². The van der Waals surface area contributed by atoms with Crippen LogP contribution in [-0.2, 0) is 101 Å². The Kier molecular flexibility index (Phi) is 47.6. The van der Waals surface area contributed by atoms with E-state index in [0.29, 0.717) is 51.3 Å². The van der Waals surface area contributed by atoms with Gasteiger partial charge >= 0.3 is 5.97 Å². The first-order chi connectivity index (χ1) is 61.0. The number of nitrogens with two attached hydrogens (primary N) is 3. The highest BCUT2D eigenvalue weighted by Crippen LogP contribution is 2.24. The van der Waals surface area contributed by atoms with Crippen LogP contribution in [0, 0.1) is 5.92 Å². The van der Waals surface area contributed by atoms with Crippen molar-refractivity contribution in [1.82, 2.24) is 79.1 Å². The number of thiol groups is 2. The molecule has 0 saturated heterocycles. The van der Waals surface area contributed by atoms with E-state index in [4.69, 9.17) is 17.2 Å². The van der Waals surface area contributed by atoms with Gasteiger partial charge in [-0.25, -0.2) is 0 Å². The molecular weight excluding hydrogens is 1690 g/mol. The number of hydrogen-bond donors (Lipinski definition) is 23. The molecule has 0 fully saturated rings. The Balaban J connectivity index is 1.40. The Bertz CT molecular complexity index is 4530. The molecule has 704 valence electrons. The maximum Gasteiger partial charge on any atom is 0.303 e. The summed E-state index contributed by atoms with van der Waals surface area (Å²) in [4.78, 5) is 239. The lowest BCUT2D eigenvalue weighted by molar-refractivity contribution is -0.139. The number of nitrogens with one attached hydrogen (secondary N) is 15. The summed E-state index contributed by atoms with van der Waals surface area (Å²) in [6.45, 7) is 7.54. The van der Waals surface area contributed by atoms with Crippen LogP contribution in [0.4, 0.5) is 0 Å². The van der Waals surface area contributed by atoms with Gasteiger partial charge < -0.3 is 112 Å². The van der Waals surface area contributed by atoms with Crippen LogP contribution in [0.1, 0.15) is 205 Å². The van der Waals surface area contributed by atoms with Crippen LogP contribution in [-0.4, -0.2) is 223 Å². The standard InChI is InChI=1S/C88H130N18O20S2/c1-6-7-8-9-10-11-12-13-14-15-16-17-18-30-75(113)92-41-24-23-29-62(78(116)95-48-74(91)112)97-79(117)65(37-40-76(114)115)99-82(120)66(42-51(2)3)101-85(123)68(44-55-46-93-60-27-21-19-25-58(55)60)103-83(121)67(43-54-31-33-57(109)34-32-54)102-87(125)71(50-128)105-80(118)63(35-38-72(89)110)98-84(122)69(45-56-47-94-61-28-22-20-26-59(56)61)104-88(126)77(52(4)107)106-81(119)64(36-39-73(90)111)100-86(124)70(49-127)96-53(5)108/h19-22,25-28,31-34,46-47,51-52,62-71,77,93-94,107,109,127-128H,6-18,23-24,29-30,35-45,48-50H2,1-5H3,(H2,89,110)(H2,90,111)(H2,91,112)(H,92,113)(H,95,116)(H,96,108)(H,97,117)(H,98,122)(H,99,120)(H,100,124)(H,101,123)(H,102,125)(H,103,121)(H,104,126)(H,105,118)(H,106,119)(H,114,115)/t52-,62+,63+,64+,65+,66+,67+,68+,69+,70+,71+,77+/m1/s1. The second-order valence-corrected chi connectivity index (χ2v) is 33.2. The van der Waals surface area contributed by atoms with Gasteiger partial charge in [0.15, 0.2) is 0 Å². The Morgan fingerprint density at radius 2 is 0.773 bits per heavy atom. The number of fused-ring (bicyclic) bond motifs is 2. The predicted octanol–water partition coefficient (Wildman–Crippen LogP) is 1.79. The molecule has 0 radical (unpaired) electrons. The number of carbonyl (C=O) groups is 17. The summed E-state index contributed by atoms with van der Waals surface area (Å²) in [5.74, 6) is -17.6. The number of phenols is 1. The minimum absolute atomic E-state index is 0.0435. The number of hydrogen-bond acceptors (Lipinski definition) is 21. The van der Waals surface area contributed by atoms with E-state index in [2.05, 4.69) is 111 Å². The highest BCUT2D eigenvalue weighted by Gasteiger charge is 2.39. The fourth-order valence-corrected chi connectivity index (χ4v) is 14.8. The van der Waals surface area contributed by atoms with Crippen molar-refractivity contribution in [2.75, 3.05) is 24.6 Å². The van der Waals surface area contributed by atoms with E-state index in [0.717, 1.165) is 39.5 Å². The van der Waals surface area contributed by atoms with Gasteiger partial charge in [0, 0.05) is 104 Å². The molecule has 24 N–H and O–H groups in total. The van der Waals surface area contributed by atoms with Crippen molar-refractivity contribution in [1.29, 1.82) is 0 Å². The number of rotatable bonds is 63. The molecule has 5 aromatic rings. The topological polar surface area (TPSA) is 617 Å². The molecule has 2 aromatic heterocycles. The van der Waals surface area contributed by atoms with Crippen molar-refractivity contribution in [2.24, 2.45) is 23.1 Å². The maximum absolute atomic E-state index is 15.3. The van der Waals surface area contributed by atoms with Gasteiger partial charge in [0.05, 0.1) is 12.6 Å². The van der Waals surface area contributed by atoms with E-state index >= 15 is 9.59 Å². The molecule has 3 aromatic carbocycles. The SMILES string of the molecule is CCCCCCCCCCCCCCCC(=O)NCCCC[C@H](NC(=O)[C@H](CCC(=O)O)NC(=O)[C@H](CC(C)C)NC(=O)[C@H](Cc1c[nH]c2ccccc12)NC(=O)[C@H](Cc1ccc(O)cc1)NC(=O)[C@H](CS)NC(=O)[C@H](CCC(N)=O)NC(=O)[C@H](Cc1c[nH]c2ccccc12)NC(=O)[C@@H](NC(=O)[C@H](CCC(N)=O)NC(=O)[C@H](CS)NC(C)=O)[C@@H](C)O)C(=O)NCC(N)=O. The highest BCUT2D eigenvalue weighted by atomic mass is 32.1. The monoisotopic (exact) mass is 1820 g/mol. The van der Waals surface area contributed by atoms with E-state index in [9.17, 15) is 87.2 Å². The molecular formula is C88H130N18O20S2. The minimum Gasteiger partial charge on any atom is -0.508 e. The van der Waals surface area contributed by atoms with Crippen LogP contribution in [0.25, 0.3) is 21.8 Å². The number of primary amides is 3. The summed E-state index contributed by atoms with van der Waals surface area (Å²) >= 11 is 8.49. The van der Waals surface area contributed by atoms with Crippen LogP contribution < -0.4 is 86.3 Å². The quantitative estimate of drug-likeness (QED) is 0.0195. The molecule has 12 atom stereocenters. The van der Waals surface area contributed by atoms with Crippen LogP contribution in [0.3, 0.4) is 0 Å². The average Bonchev–Trinajstić information content (AvgIpc) is 1.64. The number of unbranched alkanes of at least 4 members (excludes halogenated alkanes) is 13. The highest BCUT2D eigenvalue weighted by molar-refractivity contribution is 7.80. The molecule has 40 heteroatoms. The number of para-hydroxylation sites is 2. The third-order valence-electron chi connectivity index (χ3n) is 21.3. The number of aliphatic hydroxyl groups is 1. The number of carbonyl (C=O) groups excluding carboxylic acids is 16. The van der Waals surface area contributed by atoms with Crippen LogP contribution in [0.2, 0.25) is 0 Å². The molecule has 0 unspecified atom stereocenters. The number of carboxylic acid groups (broad SMARTS) is 1. The van der Waals surface area contributed by atoms with Gasteiger partial charge in [-0.3, -0.25) is 81.5 Å². The number of aromatic nitrogens is 2. The summed E-state index contributed by atoms with van der Waals surface area (Å²) < 4.78 is 0. The largest absolute Gasteiger partial charge is 0.508 e. The van der Waals surface area contributed by atoms with Gasteiger partial charge in [-0.05, 0) is 105 Å². The Labute approximate surface area is 755 Å². The molecule has 38 nitrogen and oxygen atoms in total. The average molecular weight is 1820 g/mol. The van der Waals surface area contributed by atoms with Gasteiger partial charge in [0.25, 0.3) is 0 Å². The van der Waals surface area contributed by atoms with Crippen molar-refractivity contribution in [3.63, 3.8) is 0 Å². The van der Waals surface area contributed by atoms with E-state index in [1.54, 1.807) is 68.6 Å².